The summed E-state index contributed by atoms with van der Waals surface area (Å²) in [6.07, 6.45) is 6.93. The average molecular weight is 1030 g/mol. The van der Waals surface area contributed by atoms with Gasteiger partial charge in [0, 0.05) is 49.3 Å². The quantitative estimate of drug-likeness (QED) is 0.106. The number of pyridine rings is 3. The molecule has 0 unspecified atom stereocenters. The number of rotatable bonds is 9. The molecular weight excluding hydrogens is 967 g/mol. The van der Waals surface area contributed by atoms with Gasteiger partial charge in [0.1, 0.15) is 0 Å². The van der Waals surface area contributed by atoms with Crippen LogP contribution in [0.5, 0.6) is 0 Å². The minimum atomic E-state index is -1.35. The molecule has 4 aromatic carbocycles. The zero-order valence-corrected chi connectivity index (χ0v) is 42.2. The van der Waals surface area contributed by atoms with Gasteiger partial charge in [-0.3, -0.25) is 9.97 Å². The third kappa shape index (κ3) is 9.09. The van der Waals surface area contributed by atoms with Gasteiger partial charge in [0.05, 0.1) is 36.7 Å². The molecule has 0 N–H and O–H groups in total. The number of fused-ring (bicyclic) bond motifs is 5. The molecule has 0 saturated carbocycles. The first-order valence-electron chi connectivity index (χ1n) is 22.2. The second kappa shape index (κ2) is 18.4. The van der Waals surface area contributed by atoms with Gasteiger partial charge in [0.15, 0.2) is 0 Å². The van der Waals surface area contributed by atoms with Gasteiger partial charge >= 0.3 is 0 Å². The fourth-order valence-electron chi connectivity index (χ4n) is 8.70. The Morgan fingerprint density at radius 3 is 2.22 bits per heavy atom. The van der Waals surface area contributed by atoms with Crippen LogP contribution < -0.4 is 5.19 Å². The zero-order chi connectivity index (χ0) is 44.0. The topological polar surface area (TPSA) is 69.6 Å². The maximum Gasteiger partial charge on any atom is 0.216 e. The van der Waals surface area contributed by atoms with Crippen LogP contribution in [-0.4, -0.2) is 32.6 Å². The Bertz CT molecular complexity index is 3060. The SMILES string of the molecule is CC(C)c1ccc2c(n1)oc1c(-c3nc4cnccc4n3-c3c(C(C)C)cc4ccccc4c3C(C)C)[c-]ccc12.Cc1c[c-]c(-c2cc(CC(C)C)c([Si](C)(C)C)cn2)cc1.[Ir]. The van der Waals surface area contributed by atoms with Crippen molar-refractivity contribution in [1.29, 1.82) is 0 Å². The van der Waals surface area contributed by atoms with E-state index in [-0.39, 0.29) is 26.0 Å². The first-order valence-corrected chi connectivity index (χ1v) is 25.7. The first kappa shape index (κ1) is 45.7. The predicted molar refractivity (Wildman–Crippen MR) is 263 cm³/mol. The summed E-state index contributed by atoms with van der Waals surface area (Å²) in [5, 5.41) is 6.03. The third-order valence-electron chi connectivity index (χ3n) is 11.8. The molecule has 0 atom stereocenters. The van der Waals surface area contributed by atoms with Crippen molar-refractivity contribution in [2.24, 2.45) is 5.92 Å². The Balaban J connectivity index is 0.000000229. The number of aromatic nitrogens is 5. The van der Waals surface area contributed by atoms with Crippen LogP contribution in [0.15, 0.2) is 108 Å². The second-order valence-electron chi connectivity index (χ2n) is 19.2. The van der Waals surface area contributed by atoms with E-state index >= 15 is 0 Å². The molecule has 1 radical (unpaired) electrons. The molecule has 9 aromatic rings. The molecule has 6 nitrogen and oxygen atoms in total. The van der Waals surface area contributed by atoms with Gasteiger partial charge in [0.2, 0.25) is 5.71 Å². The van der Waals surface area contributed by atoms with E-state index in [0.717, 1.165) is 62.1 Å². The molecule has 5 heterocycles. The molecule has 0 amide bonds. The number of imidazole rings is 1. The predicted octanol–water partition coefficient (Wildman–Crippen LogP) is 14.3. The molecule has 0 aliphatic carbocycles. The van der Waals surface area contributed by atoms with Crippen molar-refractivity contribution in [3.05, 3.63) is 144 Å². The number of hydrogen-bond donors (Lipinski definition) is 0. The van der Waals surface area contributed by atoms with Gasteiger partial charge in [0.25, 0.3) is 0 Å². The Morgan fingerprint density at radius 2 is 1.54 bits per heavy atom. The van der Waals surface area contributed by atoms with Crippen LogP contribution in [-0.2, 0) is 26.5 Å². The number of hydrogen-bond acceptors (Lipinski definition) is 5. The normalized spacial score (nSPS) is 12.0. The number of benzene rings is 4. The Labute approximate surface area is 388 Å². The molecule has 8 heteroatoms. The van der Waals surface area contributed by atoms with Gasteiger partial charge in [-0.2, -0.15) is 0 Å². The van der Waals surface area contributed by atoms with E-state index < -0.39 is 8.07 Å². The van der Waals surface area contributed by atoms with Crippen molar-refractivity contribution in [2.75, 3.05) is 0 Å². The van der Waals surface area contributed by atoms with Crippen molar-refractivity contribution >= 4 is 57.1 Å². The van der Waals surface area contributed by atoms with E-state index in [1.54, 1.807) is 0 Å². The molecule has 9 rings (SSSR count). The molecule has 5 aromatic heterocycles. The average Bonchev–Trinajstić information content (AvgIpc) is 3.81. The minimum Gasteiger partial charge on any atom is -0.486 e. The molecule has 0 spiro atoms. The van der Waals surface area contributed by atoms with E-state index in [4.69, 9.17) is 19.4 Å². The zero-order valence-electron chi connectivity index (χ0n) is 38.8. The molecular formula is C55H59IrN5OSi-2. The minimum absolute atomic E-state index is 0. The summed E-state index contributed by atoms with van der Waals surface area (Å²) in [5.41, 5.74) is 13.7. The van der Waals surface area contributed by atoms with Crippen LogP contribution in [0, 0.1) is 25.0 Å². The summed E-state index contributed by atoms with van der Waals surface area (Å²) in [4.78, 5) is 19.2. The van der Waals surface area contributed by atoms with Crippen LogP contribution in [0.1, 0.15) is 101 Å². The molecule has 325 valence electrons. The molecule has 0 fully saturated rings. The van der Waals surface area contributed by atoms with Crippen LogP contribution in [0.3, 0.4) is 0 Å². The fraction of sp³-hybridized carbons (Fsp3) is 0.309. The number of furan rings is 1. The largest absolute Gasteiger partial charge is 0.486 e. The monoisotopic (exact) mass is 1030 g/mol. The van der Waals surface area contributed by atoms with Crippen LogP contribution in [0.2, 0.25) is 19.6 Å². The summed E-state index contributed by atoms with van der Waals surface area (Å²) >= 11 is 0. The maximum atomic E-state index is 6.53. The van der Waals surface area contributed by atoms with Crippen molar-refractivity contribution in [3.63, 3.8) is 0 Å². The van der Waals surface area contributed by atoms with Crippen LogP contribution in [0.25, 0.3) is 72.2 Å². The third-order valence-corrected chi connectivity index (χ3v) is 13.8. The van der Waals surface area contributed by atoms with Gasteiger partial charge in [-0.25, -0.2) is 4.98 Å². The van der Waals surface area contributed by atoms with E-state index in [1.165, 1.54) is 43.9 Å². The van der Waals surface area contributed by atoms with Crippen LogP contribution >= 0.6 is 0 Å². The van der Waals surface area contributed by atoms with Crippen LogP contribution in [0.4, 0.5) is 0 Å². The van der Waals surface area contributed by atoms with Gasteiger partial charge in [-0.05, 0) is 87.1 Å². The van der Waals surface area contributed by atoms with Gasteiger partial charge in [-0.15, -0.1) is 53.6 Å². The van der Waals surface area contributed by atoms with Crippen molar-refractivity contribution < 1.29 is 24.5 Å². The van der Waals surface area contributed by atoms with E-state index in [0.29, 0.717) is 23.5 Å². The smallest absolute Gasteiger partial charge is 0.216 e. The van der Waals surface area contributed by atoms with Gasteiger partial charge < -0.3 is 14.0 Å². The number of aryl methyl sites for hydroxylation is 1. The summed E-state index contributed by atoms with van der Waals surface area (Å²) in [6.45, 7) is 27.2. The van der Waals surface area contributed by atoms with Gasteiger partial charge in [-0.1, -0.05) is 129 Å². The molecule has 63 heavy (non-hydrogen) atoms. The first-order chi connectivity index (χ1) is 29.6. The summed E-state index contributed by atoms with van der Waals surface area (Å²) < 4.78 is 8.85. The molecule has 0 saturated heterocycles. The molecule has 0 aliphatic rings. The summed E-state index contributed by atoms with van der Waals surface area (Å²) in [5.74, 6) is 2.35. The summed E-state index contributed by atoms with van der Waals surface area (Å²) in [7, 11) is -1.35. The molecule has 0 aliphatic heterocycles. The maximum absolute atomic E-state index is 6.53. The van der Waals surface area contributed by atoms with E-state index in [2.05, 4.69) is 183 Å². The fourth-order valence-corrected chi connectivity index (χ4v) is 10.3. The summed E-state index contributed by atoms with van der Waals surface area (Å²) in [6, 6.07) is 36.8. The van der Waals surface area contributed by atoms with E-state index in [1.807, 2.05) is 24.5 Å². The standard InChI is InChI=1S/C36H33N4O.C19H26NSi.Ir/c1-20(2)28-18-23-10-7-8-11-24(23)32(22(5)6)33(28)40-31-16-17-37-19-30(31)38-35(40)27-13-9-12-25-26-14-15-29(21(3)4)39-36(26)41-34(25)27;1-14(2)11-17-12-18(16-9-7-15(3)8-10-16)20-13-19(17)21(4,5)6;/h7-12,14-22H,1-6H3;7-9,12-14H,11H2,1-6H3;/q2*-1;. The van der Waals surface area contributed by atoms with Crippen molar-refractivity contribution in [2.45, 2.75) is 106 Å². The number of nitrogens with zero attached hydrogens (tertiary/aromatic N) is 5. The Morgan fingerprint density at radius 1 is 0.762 bits per heavy atom. The Kier molecular flexibility index (Phi) is 13.4. The Hall–Kier alpha value is -5.27. The second-order valence-corrected chi connectivity index (χ2v) is 24.2. The molecule has 0 bridgehead atoms. The van der Waals surface area contributed by atoms with E-state index in [9.17, 15) is 0 Å². The van der Waals surface area contributed by atoms with Crippen molar-refractivity contribution in [3.8, 4) is 28.3 Å². The van der Waals surface area contributed by atoms with Crippen molar-refractivity contribution in [1.82, 2.24) is 24.5 Å².